The van der Waals surface area contributed by atoms with Crippen molar-refractivity contribution < 1.29 is 14.6 Å². The lowest BCUT2D eigenvalue weighted by Gasteiger charge is -2.38. The van der Waals surface area contributed by atoms with Gasteiger partial charge in [-0.05, 0) is 64.7 Å². The monoisotopic (exact) mass is 296 g/mol. The maximum atomic E-state index is 11.9. The molecule has 1 N–H and O–H groups in total. The Hall–Kier alpha value is -0.570. The number of aliphatic carboxylic acids is 1. The molecule has 1 atom stereocenters. The van der Waals surface area contributed by atoms with E-state index in [0.29, 0.717) is 6.42 Å². The van der Waals surface area contributed by atoms with Crippen molar-refractivity contribution in [2.75, 3.05) is 0 Å². The number of carboxylic acids is 1. The summed E-state index contributed by atoms with van der Waals surface area (Å²) < 4.78 is 6.06. The minimum Gasteiger partial charge on any atom is -0.481 e. The van der Waals surface area contributed by atoms with Crippen LogP contribution in [0, 0.1) is 11.3 Å². The van der Waals surface area contributed by atoms with Crippen LogP contribution in [0.25, 0.3) is 0 Å². The van der Waals surface area contributed by atoms with Gasteiger partial charge in [0, 0.05) is 0 Å². The van der Waals surface area contributed by atoms with Gasteiger partial charge >= 0.3 is 5.97 Å². The smallest absolute Gasteiger partial charge is 0.309 e. The molecule has 1 saturated carbocycles. The second-order valence-electron chi connectivity index (χ2n) is 7.91. The number of unbranched alkanes of at least 4 members (excludes halogenated alkanes) is 1. The largest absolute Gasteiger partial charge is 0.481 e. The first-order valence-electron chi connectivity index (χ1n) is 8.78. The van der Waals surface area contributed by atoms with Gasteiger partial charge in [0.15, 0.2) is 0 Å². The predicted molar refractivity (Wildman–Crippen MR) is 84.4 cm³/mol. The molecule has 1 heterocycles. The van der Waals surface area contributed by atoms with Crippen molar-refractivity contribution in [3.05, 3.63) is 0 Å². The van der Waals surface area contributed by atoms with E-state index in [1.54, 1.807) is 0 Å². The fraction of sp³-hybridized carbons (Fsp3) is 0.944. The van der Waals surface area contributed by atoms with Crippen LogP contribution in [-0.2, 0) is 9.53 Å². The predicted octanol–water partition coefficient (Wildman–Crippen LogP) is 4.79. The molecule has 21 heavy (non-hydrogen) atoms. The van der Waals surface area contributed by atoms with Gasteiger partial charge in [0.05, 0.1) is 17.1 Å². The zero-order chi connectivity index (χ0) is 15.5. The van der Waals surface area contributed by atoms with Gasteiger partial charge in [-0.15, -0.1) is 0 Å². The van der Waals surface area contributed by atoms with Crippen LogP contribution in [0.4, 0.5) is 0 Å². The Morgan fingerprint density at radius 3 is 2.33 bits per heavy atom. The molecule has 2 rings (SSSR count). The summed E-state index contributed by atoms with van der Waals surface area (Å²) in [7, 11) is 0. The summed E-state index contributed by atoms with van der Waals surface area (Å²) in [6.45, 7) is 6.45. The lowest BCUT2D eigenvalue weighted by atomic mass is 9.66. The highest BCUT2D eigenvalue weighted by molar-refractivity contribution is 5.74. The fourth-order valence-corrected chi connectivity index (χ4v) is 4.17. The fourth-order valence-electron chi connectivity index (χ4n) is 4.17. The Labute approximate surface area is 129 Å². The van der Waals surface area contributed by atoms with E-state index in [2.05, 4.69) is 20.8 Å². The standard InChI is InChI=1S/C18H32O3/c1-4-5-6-14-7-11-18(12-8-14,16(19)20)13-15-9-10-17(2,3)21-15/h14-15H,4-13H2,1-3H3,(H,19,20). The van der Waals surface area contributed by atoms with Crippen molar-refractivity contribution in [3.63, 3.8) is 0 Å². The van der Waals surface area contributed by atoms with Crippen molar-refractivity contribution >= 4 is 5.97 Å². The minimum absolute atomic E-state index is 0.0668. The van der Waals surface area contributed by atoms with E-state index < -0.39 is 11.4 Å². The minimum atomic E-state index is -0.593. The third-order valence-corrected chi connectivity index (χ3v) is 5.65. The average Bonchev–Trinajstić information content (AvgIpc) is 2.77. The maximum absolute atomic E-state index is 11.9. The molecular weight excluding hydrogens is 264 g/mol. The Bertz CT molecular complexity index is 353. The molecule has 1 unspecified atom stereocenters. The second kappa shape index (κ2) is 6.68. The zero-order valence-electron chi connectivity index (χ0n) is 14.0. The molecule has 0 bridgehead atoms. The van der Waals surface area contributed by atoms with Crippen LogP contribution in [0.2, 0.25) is 0 Å². The molecule has 0 radical (unpaired) electrons. The molecule has 122 valence electrons. The van der Waals surface area contributed by atoms with Gasteiger partial charge in [0.25, 0.3) is 0 Å². The third-order valence-electron chi connectivity index (χ3n) is 5.65. The van der Waals surface area contributed by atoms with Gasteiger partial charge < -0.3 is 9.84 Å². The van der Waals surface area contributed by atoms with Crippen LogP contribution in [0.3, 0.4) is 0 Å². The van der Waals surface area contributed by atoms with Crippen molar-refractivity contribution in [2.45, 2.75) is 96.7 Å². The molecule has 1 aliphatic carbocycles. The molecule has 0 aromatic heterocycles. The zero-order valence-corrected chi connectivity index (χ0v) is 14.0. The van der Waals surface area contributed by atoms with Gasteiger partial charge in [0.2, 0.25) is 0 Å². The number of carbonyl (C=O) groups is 1. The summed E-state index contributed by atoms with van der Waals surface area (Å²) in [5.74, 6) is 0.156. The first-order chi connectivity index (χ1) is 9.87. The van der Waals surface area contributed by atoms with E-state index in [0.717, 1.165) is 44.4 Å². The number of ether oxygens (including phenoxy) is 1. The highest BCUT2D eigenvalue weighted by Crippen LogP contribution is 2.46. The van der Waals surface area contributed by atoms with Crippen LogP contribution < -0.4 is 0 Å². The van der Waals surface area contributed by atoms with Crippen LogP contribution in [0.1, 0.15) is 85.0 Å². The van der Waals surface area contributed by atoms with E-state index in [1.165, 1.54) is 19.3 Å². The van der Waals surface area contributed by atoms with E-state index >= 15 is 0 Å². The normalized spacial score (nSPS) is 35.8. The molecule has 3 nitrogen and oxygen atoms in total. The van der Waals surface area contributed by atoms with Crippen LogP contribution in [0.15, 0.2) is 0 Å². The summed E-state index contributed by atoms with van der Waals surface area (Å²) >= 11 is 0. The van der Waals surface area contributed by atoms with Gasteiger partial charge in [-0.25, -0.2) is 0 Å². The summed E-state index contributed by atoms with van der Waals surface area (Å²) in [6.07, 6.45) is 10.6. The lowest BCUT2D eigenvalue weighted by molar-refractivity contribution is -0.155. The molecular formula is C18H32O3. The Kier molecular flexibility index (Phi) is 5.34. The highest BCUT2D eigenvalue weighted by Gasteiger charge is 2.45. The van der Waals surface area contributed by atoms with Gasteiger partial charge in [-0.1, -0.05) is 26.2 Å². The Balaban J connectivity index is 1.92. The maximum Gasteiger partial charge on any atom is 0.309 e. The molecule has 0 aromatic rings. The number of hydrogen-bond acceptors (Lipinski definition) is 2. The number of rotatable bonds is 6. The number of hydrogen-bond donors (Lipinski definition) is 1. The molecule has 0 amide bonds. The number of carboxylic acid groups (broad SMARTS) is 1. The molecule has 3 heteroatoms. The van der Waals surface area contributed by atoms with Crippen LogP contribution in [-0.4, -0.2) is 22.8 Å². The first kappa shape index (κ1) is 16.8. The van der Waals surface area contributed by atoms with E-state index in [4.69, 9.17) is 4.74 Å². The van der Waals surface area contributed by atoms with Crippen molar-refractivity contribution in [3.8, 4) is 0 Å². The third kappa shape index (κ3) is 4.21. The summed E-state index contributed by atoms with van der Waals surface area (Å²) in [4.78, 5) is 11.9. The second-order valence-corrected chi connectivity index (χ2v) is 7.91. The molecule has 1 aliphatic heterocycles. The topological polar surface area (TPSA) is 46.5 Å². The van der Waals surface area contributed by atoms with Gasteiger partial charge in [-0.2, -0.15) is 0 Å². The quantitative estimate of drug-likeness (QED) is 0.767. The van der Waals surface area contributed by atoms with E-state index in [9.17, 15) is 9.90 Å². The summed E-state index contributed by atoms with van der Waals surface area (Å²) in [5.41, 5.74) is -0.587. The van der Waals surface area contributed by atoms with Gasteiger partial charge in [0.1, 0.15) is 0 Å². The van der Waals surface area contributed by atoms with E-state index in [-0.39, 0.29) is 11.7 Å². The van der Waals surface area contributed by atoms with Crippen LogP contribution >= 0.6 is 0 Å². The Morgan fingerprint density at radius 1 is 1.19 bits per heavy atom. The summed E-state index contributed by atoms with van der Waals surface area (Å²) in [6, 6.07) is 0. The van der Waals surface area contributed by atoms with E-state index in [1.807, 2.05) is 0 Å². The van der Waals surface area contributed by atoms with Gasteiger partial charge in [-0.3, -0.25) is 4.79 Å². The highest BCUT2D eigenvalue weighted by atomic mass is 16.5. The molecule has 2 aliphatic rings. The first-order valence-corrected chi connectivity index (χ1v) is 8.78. The average molecular weight is 296 g/mol. The molecule has 1 saturated heterocycles. The van der Waals surface area contributed by atoms with Crippen molar-refractivity contribution in [2.24, 2.45) is 11.3 Å². The van der Waals surface area contributed by atoms with Crippen molar-refractivity contribution in [1.29, 1.82) is 0 Å². The van der Waals surface area contributed by atoms with Crippen LogP contribution in [0.5, 0.6) is 0 Å². The Morgan fingerprint density at radius 2 is 1.86 bits per heavy atom. The van der Waals surface area contributed by atoms with Crippen molar-refractivity contribution in [1.82, 2.24) is 0 Å². The molecule has 0 aromatic carbocycles. The molecule has 2 fully saturated rings. The SMILES string of the molecule is CCCCC1CCC(CC2CCC(C)(C)O2)(C(=O)O)CC1. The molecule has 0 spiro atoms. The lowest BCUT2D eigenvalue weighted by Crippen LogP contribution is -2.39. The summed E-state index contributed by atoms with van der Waals surface area (Å²) in [5, 5.41) is 9.79.